The van der Waals surface area contributed by atoms with Gasteiger partial charge in [0, 0.05) is 12.6 Å². The molecule has 0 saturated heterocycles. The Balaban J connectivity index is 2.16. The largest absolute Gasteiger partial charge is 0.508 e. The molecule has 0 heterocycles. The number of phenolic OH excluding ortho intramolecular Hbond substituents is 1. The molecule has 0 atom stereocenters. The SMILES string of the molecule is N#Cc1ccc(Cl)c(NCc2cc(O)cc(F)c2)c1. The van der Waals surface area contributed by atoms with Gasteiger partial charge in [0.25, 0.3) is 0 Å². The van der Waals surface area contributed by atoms with Gasteiger partial charge in [-0.2, -0.15) is 5.26 Å². The third-order valence-electron chi connectivity index (χ3n) is 2.52. The predicted molar refractivity (Wildman–Crippen MR) is 71.6 cm³/mol. The highest BCUT2D eigenvalue weighted by molar-refractivity contribution is 6.33. The molecule has 0 fully saturated rings. The fourth-order valence-electron chi connectivity index (χ4n) is 1.66. The minimum Gasteiger partial charge on any atom is -0.508 e. The van der Waals surface area contributed by atoms with Crippen molar-refractivity contribution in [2.45, 2.75) is 6.54 Å². The Morgan fingerprint density at radius 1 is 1.26 bits per heavy atom. The van der Waals surface area contributed by atoms with E-state index in [1.165, 1.54) is 12.1 Å². The van der Waals surface area contributed by atoms with Gasteiger partial charge >= 0.3 is 0 Å². The topological polar surface area (TPSA) is 56.0 Å². The molecule has 2 aromatic carbocycles. The quantitative estimate of drug-likeness (QED) is 0.899. The van der Waals surface area contributed by atoms with Gasteiger partial charge in [0.05, 0.1) is 22.3 Å². The molecular weight excluding hydrogens is 267 g/mol. The molecule has 0 amide bonds. The maximum absolute atomic E-state index is 13.1. The number of benzene rings is 2. The van der Waals surface area contributed by atoms with Crippen LogP contribution in [0.25, 0.3) is 0 Å². The highest BCUT2D eigenvalue weighted by Crippen LogP contribution is 2.24. The van der Waals surface area contributed by atoms with Gasteiger partial charge in [0.1, 0.15) is 11.6 Å². The minimum absolute atomic E-state index is 0.131. The van der Waals surface area contributed by atoms with Crippen LogP contribution in [-0.4, -0.2) is 5.11 Å². The Morgan fingerprint density at radius 2 is 2.05 bits per heavy atom. The van der Waals surface area contributed by atoms with E-state index < -0.39 is 5.82 Å². The van der Waals surface area contributed by atoms with E-state index in [1.54, 1.807) is 18.2 Å². The van der Waals surface area contributed by atoms with Gasteiger partial charge in [-0.1, -0.05) is 11.6 Å². The summed E-state index contributed by atoms with van der Waals surface area (Å²) in [7, 11) is 0. The molecule has 2 rings (SSSR count). The third-order valence-corrected chi connectivity index (χ3v) is 2.85. The van der Waals surface area contributed by atoms with E-state index in [4.69, 9.17) is 16.9 Å². The number of hydrogen-bond donors (Lipinski definition) is 2. The van der Waals surface area contributed by atoms with Crippen molar-refractivity contribution in [3.63, 3.8) is 0 Å². The van der Waals surface area contributed by atoms with Crippen LogP contribution in [0.2, 0.25) is 5.02 Å². The lowest BCUT2D eigenvalue weighted by molar-refractivity contribution is 0.468. The Bertz CT molecular complexity index is 632. The second kappa shape index (κ2) is 5.59. The summed E-state index contributed by atoms with van der Waals surface area (Å²) in [6.45, 7) is 0.292. The van der Waals surface area contributed by atoms with E-state index in [2.05, 4.69) is 5.32 Å². The summed E-state index contributed by atoms with van der Waals surface area (Å²) in [5.41, 5.74) is 1.65. The first-order chi connectivity index (χ1) is 9.08. The van der Waals surface area contributed by atoms with E-state index >= 15 is 0 Å². The summed E-state index contributed by atoms with van der Waals surface area (Å²) >= 11 is 5.99. The highest BCUT2D eigenvalue weighted by atomic mass is 35.5. The third kappa shape index (κ3) is 3.36. The maximum Gasteiger partial charge on any atom is 0.127 e. The molecule has 3 nitrogen and oxygen atoms in total. The predicted octanol–water partition coefficient (Wildman–Crippen LogP) is 3.67. The summed E-state index contributed by atoms with van der Waals surface area (Å²) in [6.07, 6.45) is 0. The fourth-order valence-corrected chi connectivity index (χ4v) is 1.85. The van der Waals surface area contributed by atoms with Crippen LogP contribution in [0.1, 0.15) is 11.1 Å². The van der Waals surface area contributed by atoms with Crippen LogP contribution in [0.5, 0.6) is 5.75 Å². The molecule has 0 radical (unpaired) electrons. The molecule has 0 aliphatic rings. The first-order valence-electron chi connectivity index (χ1n) is 5.50. The number of nitrogens with zero attached hydrogens (tertiary/aromatic N) is 1. The standard InChI is InChI=1S/C14H10ClFN2O/c15-13-2-1-9(7-17)5-14(13)18-8-10-3-11(16)6-12(19)4-10/h1-6,18-19H,8H2. The highest BCUT2D eigenvalue weighted by Gasteiger charge is 2.04. The van der Waals surface area contributed by atoms with Crippen LogP contribution in [-0.2, 0) is 6.54 Å². The molecule has 0 unspecified atom stereocenters. The Hall–Kier alpha value is -2.25. The molecule has 0 aliphatic heterocycles. The summed E-state index contributed by atoms with van der Waals surface area (Å²) in [4.78, 5) is 0. The number of nitrogens with one attached hydrogen (secondary N) is 1. The fraction of sp³-hybridized carbons (Fsp3) is 0.0714. The van der Waals surface area contributed by atoms with Crippen LogP contribution in [0, 0.1) is 17.1 Å². The van der Waals surface area contributed by atoms with Gasteiger partial charge in [-0.25, -0.2) is 4.39 Å². The van der Waals surface area contributed by atoms with Gasteiger partial charge in [-0.05, 0) is 35.9 Å². The van der Waals surface area contributed by atoms with E-state index in [9.17, 15) is 9.50 Å². The lowest BCUT2D eigenvalue weighted by Gasteiger charge is -2.09. The van der Waals surface area contributed by atoms with Crippen molar-refractivity contribution in [2.75, 3.05) is 5.32 Å². The molecule has 0 aromatic heterocycles. The van der Waals surface area contributed by atoms with Gasteiger partial charge in [0.15, 0.2) is 0 Å². The molecule has 0 spiro atoms. The monoisotopic (exact) mass is 276 g/mol. The molecule has 0 aliphatic carbocycles. The van der Waals surface area contributed by atoms with Crippen LogP contribution < -0.4 is 5.32 Å². The number of hydrogen-bond acceptors (Lipinski definition) is 3. The number of nitriles is 1. The maximum atomic E-state index is 13.1. The molecule has 2 aromatic rings. The lowest BCUT2D eigenvalue weighted by Crippen LogP contribution is -2.00. The second-order valence-corrected chi connectivity index (χ2v) is 4.38. The van der Waals surface area contributed by atoms with E-state index in [0.29, 0.717) is 28.4 Å². The van der Waals surface area contributed by atoms with Gasteiger partial charge in [-0.15, -0.1) is 0 Å². The van der Waals surface area contributed by atoms with Crippen molar-refractivity contribution in [1.82, 2.24) is 0 Å². The van der Waals surface area contributed by atoms with E-state index in [0.717, 1.165) is 6.07 Å². The Morgan fingerprint density at radius 3 is 2.74 bits per heavy atom. The first-order valence-corrected chi connectivity index (χ1v) is 5.88. The Labute approximate surface area is 114 Å². The number of anilines is 1. The van der Waals surface area contributed by atoms with Gasteiger partial charge < -0.3 is 10.4 Å². The summed E-state index contributed by atoms with van der Waals surface area (Å²) in [5, 5.41) is 21.6. The van der Waals surface area contributed by atoms with Crippen molar-refractivity contribution in [3.05, 3.63) is 58.4 Å². The van der Waals surface area contributed by atoms with Crippen molar-refractivity contribution >= 4 is 17.3 Å². The molecule has 0 bridgehead atoms. The summed E-state index contributed by atoms with van der Waals surface area (Å²) < 4.78 is 13.1. The molecule has 96 valence electrons. The van der Waals surface area contributed by atoms with Crippen LogP contribution in [0.4, 0.5) is 10.1 Å². The zero-order valence-corrected chi connectivity index (χ0v) is 10.6. The number of aromatic hydroxyl groups is 1. The second-order valence-electron chi connectivity index (χ2n) is 3.98. The molecule has 2 N–H and O–H groups in total. The van der Waals surface area contributed by atoms with E-state index in [-0.39, 0.29) is 5.75 Å². The number of phenols is 1. The van der Waals surface area contributed by atoms with Crippen LogP contribution in [0.15, 0.2) is 36.4 Å². The molecule has 5 heteroatoms. The first kappa shape index (κ1) is 13.2. The van der Waals surface area contributed by atoms with Crippen LogP contribution in [0.3, 0.4) is 0 Å². The van der Waals surface area contributed by atoms with Crippen molar-refractivity contribution in [3.8, 4) is 11.8 Å². The smallest absolute Gasteiger partial charge is 0.127 e. The molecule has 19 heavy (non-hydrogen) atoms. The Kier molecular flexibility index (Phi) is 3.88. The van der Waals surface area contributed by atoms with Crippen molar-refractivity contribution in [2.24, 2.45) is 0 Å². The normalized spacial score (nSPS) is 9.95. The molecular formula is C14H10ClFN2O. The summed E-state index contributed by atoms with van der Waals surface area (Å²) in [6, 6.07) is 10.7. The average molecular weight is 277 g/mol. The zero-order chi connectivity index (χ0) is 13.8. The average Bonchev–Trinajstić information content (AvgIpc) is 2.37. The van der Waals surface area contributed by atoms with Gasteiger partial charge in [0.2, 0.25) is 0 Å². The minimum atomic E-state index is -0.506. The van der Waals surface area contributed by atoms with Crippen LogP contribution >= 0.6 is 11.6 Å². The molecule has 0 saturated carbocycles. The van der Waals surface area contributed by atoms with Crippen molar-refractivity contribution < 1.29 is 9.50 Å². The van der Waals surface area contributed by atoms with Crippen molar-refractivity contribution in [1.29, 1.82) is 5.26 Å². The zero-order valence-electron chi connectivity index (χ0n) is 9.82. The number of rotatable bonds is 3. The lowest BCUT2D eigenvalue weighted by atomic mass is 10.2. The number of halogens is 2. The van der Waals surface area contributed by atoms with Gasteiger partial charge in [-0.3, -0.25) is 0 Å². The summed E-state index contributed by atoms with van der Waals surface area (Å²) in [5.74, 6) is -0.637. The van der Waals surface area contributed by atoms with E-state index in [1.807, 2.05) is 6.07 Å².